The largest absolute Gasteiger partial charge is 0.481 e. The number of Topliss-reactive ketones (excluding diaryl/α,β-unsaturated/α-hetero) is 1. The van der Waals surface area contributed by atoms with Gasteiger partial charge >= 0.3 is 11.9 Å². The number of amides is 1. The summed E-state index contributed by atoms with van der Waals surface area (Å²) < 4.78 is 0. The number of anilines is 2. The zero-order chi connectivity index (χ0) is 20.7. The van der Waals surface area contributed by atoms with Crippen molar-refractivity contribution in [2.45, 2.75) is 18.9 Å². The van der Waals surface area contributed by atoms with Crippen molar-refractivity contribution in [1.29, 1.82) is 0 Å². The highest BCUT2D eigenvalue weighted by molar-refractivity contribution is 6.02. The van der Waals surface area contributed by atoms with E-state index < -0.39 is 66.1 Å². The van der Waals surface area contributed by atoms with Gasteiger partial charge in [0.25, 0.3) is 5.91 Å². The van der Waals surface area contributed by atoms with Gasteiger partial charge in [0.05, 0.1) is 19.1 Å². The third-order valence-electron chi connectivity index (χ3n) is 3.50. The number of carboxylic acid groups (broad SMARTS) is 2. The standard InChI is InChI=1S/C14H19N5O8/c15-10-8(7(22)2-1-5(3-20)13(24)25)18-11(16)9(19-10)12(23)17-6(4-21)14(26)27/h5-6,20-21H,1-4H2,(H2,15,19)(H2,16,18)(H,17,23)(H,24,25)(H,26,27)/t5-,6-/m1/s1. The number of aliphatic hydroxyl groups excluding tert-OH is 2. The summed E-state index contributed by atoms with van der Waals surface area (Å²) >= 11 is 0. The van der Waals surface area contributed by atoms with Crippen LogP contribution < -0.4 is 16.8 Å². The van der Waals surface area contributed by atoms with Gasteiger partial charge < -0.3 is 37.2 Å². The maximum atomic E-state index is 12.1. The van der Waals surface area contributed by atoms with Crippen LogP contribution in [0.25, 0.3) is 0 Å². The fourth-order valence-electron chi connectivity index (χ4n) is 1.96. The zero-order valence-electron chi connectivity index (χ0n) is 14.0. The molecule has 1 aromatic rings. The molecular formula is C14H19N5O8. The van der Waals surface area contributed by atoms with Gasteiger partial charge in [0.2, 0.25) is 0 Å². The average molecular weight is 385 g/mol. The molecule has 13 heteroatoms. The Hall–Kier alpha value is -3.32. The second kappa shape index (κ2) is 9.40. The second-order valence-electron chi connectivity index (χ2n) is 5.42. The Bertz CT molecular complexity index is 753. The first kappa shape index (κ1) is 21.7. The first-order valence-corrected chi connectivity index (χ1v) is 7.56. The molecule has 0 aliphatic rings. The molecular weight excluding hydrogens is 366 g/mol. The minimum Gasteiger partial charge on any atom is -0.481 e. The van der Waals surface area contributed by atoms with Crippen molar-refractivity contribution >= 4 is 35.3 Å². The molecule has 0 aliphatic carbocycles. The normalized spacial score (nSPS) is 12.8. The Kier molecular flexibility index (Phi) is 7.56. The molecule has 0 fully saturated rings. The molecule has 1 rings (SSSR count). The summed E-state index contributed by atoms with van der Waals surface area (Å²) in [6.45, 7) is -1.53. The predicted octanol–water partition coefficient (Wildman–Crippen LogP) is -2.53. The number of hydrogen-bond donors (Lipinski definition) is 7. The molecule has 0 bridgehead atoms. The molecule has 1 amide bonds. The summed E-state index contributed by atoms with van der Waals surface area (Å²) in [7, 11) is 0. The van der Waals surface area contributed by atoms with Gasteiger partial charge in [-0.3, -0.25) is 14.4 Å². The number of hydrogen-bond acceptors (Lipinski definition) is 10. The minimum absolute atomic E-state index is 0.176. The van der Waals surface area contributed by atoms with Crippen LogP contribution in [-0.4, -0.2) is 73.3 Å². The average Bonchev–Trinajstić information content (AvgIpc) is 2.60. The van der Waals surface area contributed by atoms with Crippen LogP contribution in [0.5, 0.6) is 0 Å². The van der Waals surface area contributed by atoms with Gasteiger partial charge in [-0.2, -0.15) is 0 Å². The minimum atomic E-state index is -1.60. The van der Waals surface area contributed by atoms with Crippen LogP contribution >= 0.6 is 0 Å². The Morgan fingerprint density at radius 1 is 0.926 bits per heavy atom. The number of nitrogen functional groups attached to an aromatic ring is 2. The summed E-state index contributed by atoms with van der Waals surface area (Å²) in [6, 6.07) is -1.60. The number of carboxylic acids is 2. The third-order valence-corrected chi connectivity index (χ3v) is 3.50. The third kappa shape index (κ3) is 5.58. The highest BCUT2D eigenvalue weighted by atomic mass is 16.4. The van der Waals surface area contributed by atoms with Crippen molar-refractivity contribution in [2.24, 2.45) is 5.92 Å². The fourth-order valence-corrected chi connectivity index (χ4v) is 1.96. The van der Waals surface area contributed by atoms with E-state index in [-0.39, 0.29) is 18.5 Å². The van der Waals surface area contributed by atoms with Crippen LogP contribution in [0.2, 0.25) is 0 Å². The summed E-state index contributed by atoms with van der Waals surface area (Å²) in [5, 5.41) is 37.4. The van der Waals surface area contributed by atoms with Crippen molar-refractivity contribution in [3.8, 4) is 0 Å². The Balaban J connectivity index is 2.97. The first-order chi connectivity index (χ1) is 12.6. The lowest BCUT2D eigenvalue weighted by molar-refractivity contribution is -0.143. The van der Waals surface area contributed by atoms with E-state index in [4.69, 9.17) is 31.9 Å². The van der Waals surface area contributed by atoms with E-state index in [0.29, 0.717) is 0 Å². The van der Waals surface area contributed by atoms with Crippen LogP contribution in [0.4, 0.5) is 11.6 Å². The van der Waals surface area contributed by atoms with Crippen molar-refractivity contribution in [1.82, 2.24) is 15.3 Å². The summed E-state index contributed by atoms with van der Waals surface area (Å²) in [6.07, 6.45) is -0.488. The van der Waals surface area contributed by atoms with Gasteiger partial charge in [-0.05, 0) is 6.42 Å². The highest BCUT2D eigenvalue weighted by Crippen LogP contribution is 2.17. The Morgan fingerprint density at radius 2 is 1.48 bits per heavy atom. The van der Waals surface area contributed by atoms with Crippen molar-refractivity contribution in [3.05, 3.63) is 11.4 Å². The molecule has 148 valence electrons. The summed E-state index contributed by atoms with van der Waals surface area (Å²) in [5.41, 5.74) is 10.2. The highest BCUT2D eigenvalue weighted by Gasteiger charge is 2.25. The molecule has 2 atom stereocenters. The fraction of sp³-hybridized carbons (Fsp3) is 0.429. The summed E-state index contributed by atoms with van der Waals surface area (Å²) in [4.78, 5) is 53.1. The predicted molar refractivity (Wildman–Crippen MR) is 88.6 cm³/mol. The van der Waals surface area contributed by atoms with Crippen LogP contribution in [0.3, 0.4) is 0 Å². The number of ketones is 1. The monoisotopic (exact) mass is 385 g/mol. The van der Waals surface area contributed by atoms with Gasteiger partial charge in [-0.25, -0.2) is 14.8 Å². The van der Waals surface area contributed by atoms with Crippen LogP contribution in [0, 0.1) is 5.92 Å². The van der Waals surface area contributed by atoms with Gasteiger partial charge in [-0.1, -0.05) is 0 Å². The number of aromatic nitrogens is 2. The number of nitrogens with zero attached hydrogens (tertiary/aromatic N) is 2. The molecule has 0 spiro atoms. The molecule has 0 aromatic carbocycles. The number of rotatable bonds is 10. The van der Waals surface area contributed by atoms with Gasteiger partial charge in [0.15, 0.2) is 34.8 Å². The number of carbonyl (C=O) groups is 4. The maximum absolute atomic E-state index is 12.1. The lowest BCUT2D eigenvalue weighted by Crippen LogP contribution is -2.44. The van der Waals surface area contributed by atoms with E-state index in [1.54, 1.807) is 0 Å². The SMILES string of the molecule is Nc1nc(C(=O)N[C@H](CO)C(=O)O)c(N)nc1C(=O)CC[C@H](CO)C(=O)O. The lowest BCUT2D eigenvalue weighted by Gasteiger charge is -2.13. The smallest absolute Gasteiger partial charge is 0.328 e. The van der Waals surface area contributed by atoms with E-state index >= 15 is 0 Å². The molecule has 0 saturated heterocycles. The number of aliphatic hydroxyl groups is 2. The van der Waals surface area contributed by atoms with E-state index in [9.17, 15) is 19.2 Å². The lowest BCUT2D eigenvalue weighted by atomic mass is 10.0. The number of aliphatic carboxylic acids is 2. The van der Waals surface area contributed by atoms with E-state index in [0.717, 1.165) is 0 Å². The molecule has 27 heavy (non-hydrogen) atoms. The maximum Gasteiger partial charge on any atom is 0.328 e. The molecule has 0 unspecified atom stereocenters. The molecule has 0 radical (unpaired) electrons. The molecule has 1 heterocycles. The quantitative estimate of drug-likeness (QED) is 0.206. The number of carbonyl (C=O) groups excluding carboxylic acids is 2. The molecule has 13 nitrogen and oxygen atoms in total. The Morgan fingerprint density at radius 3 is 1.96 bits per heavy atom. The van der Waals surface area contributed by atoms with Crippen molar-refractivity contribution in [3.63, 3.8) is 0 Å². The van der Waals surface area contributed by atoms with E-state index in [1.165, 1.54) is 0 Å². The number of nitrogens with two attached hydrogens (primary N) is 2. The van der Waals surface area contributed by atoms with Gasteiger partial charge in [0.1, 0.15) is 0 Å². The van der Waals surface area contributed by atoms with Crippen LogP contribution in [-0.2, 0) is 9.59 Å². The topological polar surface area (TPSA) is 239 Å². The van der Waals surface area contributed by atoms with Crippen LogP contribution in [0.1, 0.15) is 33.8 Å². The van der Waals surface area contributed by atoms with Crippen LogP contribution in [0.15, 0.2) is 0 Å². The molecule has 0 saturated carbocycles. The van der Waals surface area contributed by atoms with E-state index in [1.807, 2.05) is 5.32 Å². The molecule has 1 aromatic heterocycles. The van der Waals surface area contributed by atoms with Gasteiger partial charge in [0, 0.05) is 6.42 Å². The first-order valence-electron chi connectivity index (χ1n) is 7.56. The van der Waals surface area contributed by atoms with Crippen molar-refractivity contribution < 1.29 is 39.6 Å². The van der Waals surface area contributed by atoms with Crippen molar-refractivity contribution in [2.75, 3.05) is 24.7 Å². The number of nitrogens with one attached hydrogen (secondary N) is 1. The van der Waals surface area contributed by atoms with Gasteiger partial charge in [-0.15, -0.1) is 0 Å². The molecule has 9 N–H and O–H groups in total. The zero-order valence-corrected chi connectivity index (χ0v) is 14.0. The Labute approximate surface area is 152 Å². The second-order valence-corrected chi connectivity index (χ2v) is 5.42. The van der Waals surface area contributed by atoms with E-state index in [2.05, 4.69) is 9.97 Å². The molecule has 0 aliphatic heterocycles. The summed E-state index contributed by atoms with van der Waals surface area (Å²) in [5.74, 6) is -6.65.